The molecule has 2 rings (SSSR count). The van der Waals surface area contributed by atoms with Crippen LogP contribution in [0.15, 0.2) is 47.1 Å². The lowest BCUT2D eigenvalue weighted by Gasteiger charge is -2.03. The minimum atomic E-state index is 0.110. The molecule has 0 aliphatic carbocycles. The topological polar surface area (TPSA) is 42.2 Å². The summed E-state index contributed by atoms with van der Waals surface area (Å²) in [4.78, 5) is 11.8. The zero-order chi connectivity index (χ0) is 12.8. The number of carbonyl (C=O) groups is 1. The van der Waals surface area contributed by atoms with Gasteiger partial charge in [0.2, 0.25) is 0 Å². The van der Waals surface area contributed by atoms with Crippen LogP contribution in [0.1, 0.15) is 22.5 Å². The Bertz CT molecular complexity index is 491. The molecule has 0 unspecified atom stereocenters. The van der Waals surface area contributed by atoms with E-state index in [0.29, 0.717) is 30.1 Å². The first-order valence-electron chi connectivity index (χ1n) is 5.77. The zero-order valence-corrected chi connectivity index (χ0v) is 10.6. The van der Waals surface area contributed by atoms with E-state index in [4.69, 9.17) is 16.0 Å². The molecule has 2 aromatic rings. The maximum Gasteiger partial charge on any atom is 0.164 e. The molecule has 94 valence electrons. The van der Waals surface area contributed by atoms with Gasteiger partial charge in [0, 0.05) is 23.6 Å². The smallest absolute Gasteiger partial charge is 0.164 e. The van der Waals surface area contributed by atoms with E-state index in [0.717, 1.165) is 5.76 Å². The summed E-state index contributed by atoms with van der Waals surface area (Å²) in [5, 5.41) is 3.80. The third-order valence-corrected chi connectivity index (χ3v) is 2.83. The standard InChI is InChI=1S/C14H14ClNO2/c15-12-5-3-11(4-6-12)14(17)7-8-16-10-13-2-1-9-18-13/h1-6,9,16H,7-8,10H2. The largest absolute Gasteiger partial charge is 0.468 e. The summed E-state index contributed by atoms with van der Waals surface area (Å²) >= 11 is 5.77. The van der Waals surface area contributed by atoms with Crippen molar-refractivity contribution in [2.75, 3.05) is 6.54 Å². The summed E-state index contributed by atoms with van der Waals surface area (Å²) in [7, 11) is 0. The number of nitrogens with one attached hydrogen (secondary N) is 1. The van der Waals surface area contributed by atoms with Crippen molar-refractivity contribution in [2.45, 2.75) is 13.0 Å². The molecule has 0 atom stereocenters. The van der Waals surface area contributed by atoms with Crippen molar-refractivity contribution in [3.63, 3.8) is 0 Å². The average molecular weight is 264 g/mol. The molecule has 4 heteroatoms. The molecule has 0 saturated carbocycles. The Morgan fingerprint density at radius 1 is 1.22 bits per heavy atom. The minimum absolute atomic E-state index is 0.110. The third kappa shape index (κ3) is 3.72. The molecule has 1 N–H and O–H groups in total. The summed E-state index contributed by atoms with van der Waals surface area (Å²) in [5.74, 6) is 0.979. The van der Waals surface area contributed by atoms with Gasteiger partial charge in [0.1, 0.15) is 5.76 Å². The second-order valence-electron chi connectivity index (χ2n) is 3.94. The molecule has 0 aliphatic rings. The van der Waals surface area contributed by atoms with Gasteiger partial charge in [0.15, 0.2) is 5.78 Å². The van der Waals surface area contributed by atoms with E-state index < -0.39 is 0 Å². The maximum atomic E-state index is 11.8. The Hall–Kier alpha value is -1.58. The Labute approximate surface area is 111 Å². The van der Waals surface area contributed by atoms with Gasteiger partial charge in [-0.05, 0) is 36.4 Å². The highest BCUT2D eigenvalue weighted by Crippen LogP contribution is 2.10. The summed E-state index contributed by atoms with van der Waals surface area (Å²) in [6.45, 7) is 1.27. The van der Waals surface area contributed by atoms with Gasteiger partial charge in [-0.1, -0.05) is 11.6 Å². The molecule has 3 nitrogen and oxygen atoms in total. The van der Waals surface area contributed by atoms with E-state index in [9.17, 15) is 4.79 Å². The molecule has 1 heterocycles. The van der Waals surface area contributed by atoms with Crippen LogP contribution in [-0.4, -0.2) is 12.3 Å². The van der Waals surface area contributed by atoms with Crippen LogP contribution in [0.4, 0.5) is 0 Å². The maximum absolute atomic E-state index is 11.8. The fraction of sp³-hybridized carbons (Fsp3) is 0.214. The van der Waals surface area contributed by atoms with Gasteiger partial charge in [0.05, 0.1) is 12.8 Å². The fourth-order valence-corrected chi connectivity index (χ4v) is 1.73. The second-order valence-corrected chi connectivity index (χ2v) is 4.37. The van der Waals surface area contributed by atoms with E-state index in [1.165, 1.54) is 0 Å². The molecule has 0 bridgehead atoms. The summed E-state index contributed by atoms with van der Waals surface area (Å²) in [6.07, 6.45) is 2.10. The quantitative estimate of drug-likeness (QED) is 0.642. The van der Waals surface area contributed by atoms with Gasteiger partial charge in [0.25, 0.3) is 0 Å². The predicted molar refractivity (Wildman–Crippen MR) is 70.8 cm³/mol. The lowest BCUT2D eigenvalue weighted by Crippen LogP contribution is -2.17. The van der Waals surface area contributed by atoms with Crippen molar-refractivity contribution in [3.8, 4) is 0 Å². The Balaban J connectivity index is 1.73. The van der Waals surface area contributed by atoms with Crippen LogP contribution >= 0.6 is 11.6 Å². The van der Waals surface area contributed by atoms with Crippen LogP contribution in [0.5, 0.6) is 0 Å². The van der Waals surface area contributed by atoms with Crippen molar-refractivity contribution in [3.05, 3.63) is 59.0 Å². The molecule has 0 fully saturated rings. The highest BCUT2D eigenvalue weighted by Gasteiger charge is 2.05. The van der Waals surface area contributed by atoms with Gasteiger partial charge in [-0.15, -0.1) is 0 Å². The molecule has 1 aromatic carbocycles. The number of hydrogen-bond donors (Lipinski definition) is 1. The van der Waals surface area contributed by atoms with Gasteiger partial charge in [-0.2, -0.15) is 0 Å². The molecule has 0 amide bonds. The Kier molecular flexibility index (Phi) is 4.56. The van der Waals surface area contributed by atoms with E-state index >= 15 is 0 Å². The molecular weight excluding hydrogens is 250 g/mol. The second kappa shape index (κ2) is 6.38. The van der Waals surface area contributed by atoms with Gasteiger partial charge < -0.3 is 9.73 Å². The normalized spacial score (nSPS) is 10.5. The van der Waals surface area contributed by atoms with Gasteiger partial charge in [-0.25, -0.2) is 0 Å². The lowest BCUT2D eigenvalue weighted by atomic mass is 10.1. The number of hydrogen-bond acceptors (Lipinski definition) is 3. The van der Waals surface area contributed by atoms with Crippen molar-refractivity contribution in [2.24, 2.45) is 0 Å². The van der Waals surface area contributed by atoms with Crippen LogP contribution < -0.4 is 5.32 Å². The minimum Gasteiger partial charge on any atom is -0.468 e. The first kappa shape index (κ1) is 12.9. The summed E-state index contributed by atoms with van der Waals surface area (Å²) in [6, 6.07) is 10.7. The SMILES string of the molecule is O=C(CCNCc1ccco1)c1ccc(Cl)cc1. The van der Waals surface area contributed by atoms with Crippen molar-refractivity contribution < 1.29 is 9.21 Å². The first-order chi connectivity index (χ1) is 8.75. The highest BCUT2D eigenvalue weighted by molar-refractivity contribution is 6.30. The van der Waals surface area contributed by atoms with Crippen LogP contribution in [-0.2, 0) is 6.54 Å². The average Bonchev–Trinajstić information content (AvgIpc) is 2.88. The predicted octanol–water partition coefficient (Wildman–Crippen LogP) is 3.30. The van der Waals surface area contributed by atoms with Crippen LogP contribution in [0.3, 0.4) is 0 Å². The van der Waals surface area contributed by atoms with E-state index in [1.54, 1.807) is 30.5 Å². The highest BCUT2D eigenvalue weighted by atomic mass is 35.5. The first-order valence-corrected chi connectivity index (χ1v) is 6.15. The lowest BCUT2D eigenvalue weighted by molar-refractivity contribution is 0.0982. The zero-order valence-electron chi connectivity index (χ0n) is 9.86. The van der Waals surface area contributed by atoms with Crippen molar-refractivity contribution >= 4 is 17.4 Å². The number of carbonyl (C=O) groups excluding carboxylic acids is 1. The number of rotatable bonds is 6. The molecule has 0 radical (unpaired) electrons. The fourth-order valence-electron chi connectivity index (χ4n) is 1.61. The molecule has 0 saturated heterocycles. The van der Waals surface area contributed by atoms with Gasteiger partial charge >= 0.3 is 0 Å². The molecular formula is C14H14ClNO2. The van der Waals surface area contributed by atoms with Crippen LogP contribution in [0.25, 0.3) is 0 Å². The number of ketones is 1. The van der Waals surface area contributed by atoms with Crippen LogP contribution in [0.2, 0.25) is 5.02 Å². The molecule has 18 heavy (non-hydrogen) atoms. The third-order valence-electron chi connectivity index (χ3n) is 2.57. The van der Waals surface area contributed by atoms with E-state index in [1.807, 2.05) is 12.1 Å². The Morgan fingerprint density at radius 3 is 2.67 bits per heavy atom. The summed E-state index contributed by atoms with van der Waals surface area (Å²) < 4.78 is 5.18. The van der Waals surface area contributed by atoms with Crippen LogP contribution in [0, 0.1) is 0 Å². The monoisotopic (exact) mass is 263 g/mol. The van der Waals surface area contributed by atoms with E-state index in [2.05, 4.69) is 5.32 Å². The molecule has 0 spiro atoms. The van der Waals surface area contributed by atoms with Gasteiger partial charge in [-0.3, -0.25) is 4.79 Å². The number of furan rings is 1. The number of Topliss-reactive ketones (excluding diaryl/α,β-unsaturated/α-hetero) is 1. The molecule has 1 aromatic heterocycles. The van der Waals surface area contributed by atoms with Crippen molar-refractivity contribution in [1.82, 2.24) is 5.32 Å². The van der Waals surface area contributed by atoms with E-state index in [-0.39, 0.29) is 5.78 Å². The van der Waals surface area contributed by atoms with Crippen molar-refractivity contribution in [1.29, 1.82) is 0 Å². The number of benzene rings is 1. The Morgan fingerprint density at radius 2 is 2.00 bits per heavy atom. The molecule has 0 aliphatic heterocycles. The number of halogens is 1. The summed E-state index contributed by atoms with van der Waals surface area (Å²) in [5.41, 5.74) is 0.694.